The predicted octanol–water partition coefficient (Wildman–Crippen LogP) is 1.56. The van der Waals surface area contributed by atoms with Crippen LogP contribution in [0.2, 0.25) is 0 Å². The minimum atomic E-state index is 0.424. The summed E-state index contributed by atoms with van der Waals surface area (Å²) in [7, 11) is 2.01. The number of rotatable bonds is 1. The Morgan fingerprint density at radius 2 is 2.22 bits per heavy atom. The standard InChI is InChI=1S/C8H15N/c1-8(2)5-4-7(6-8)9-3/h4-5,7,9H,6H2,1-3H3. The van der Waals surface area contributed by atoms with Crippen LogP contribution in [-0.2, 0) is 0 Å². The van der Waals surface area contributed by atoms with Crippen LogP contribution in [-0.4, -0.2) is 13.1 Å². The fourth-order valence-electron chi connectivity index (χ4n) is 1.28. The highest BCUT2D eigenvalue weighted by Gasteiger charge is 2.23. The van der Waals surface area contributed by atoms with Crippen LogP contribution in [0.15, 0.2) is 12.2 Å². The minimum Gasteiger partial charge on any atom is -0.314 e. The van der Waals surface area contributed by atoms with Gasteiger partial charge < -0.3 is 5.32 Å². The normalized spacial score (nSPS) is 31.2. The monoisotopic (exact) mass is 125 g/mol. The Balaban J connectivity index is 2.50. The lowest BCUT2D eigenvalue weighted by Crippen LogP contribution is -2.23. The van der Waals surface area contributed by atoms with Crippen LogP contribution in [0.1, 0.15) is 20.3 Å². The first-order chi connectivity index (χ1) is 4.14. The third-order valence-corrected chi connectivity index (χ3v) is 1.90. The van der Waals surface area contributed by atoms with E-state index >= 15 is 0 Å². The first-order valence-corrected chi connectivity index (χ1v) is 3.51. The molecule has 0 bridgehead atoms. The van der Waals surface area contributed by atoms with Crippen LogP contribution in [0, 0.1) is 5.41 Å². The van der Waals surface area contributed by atoms with E-state index < -0.39 is 0 Å². The van der Waals surface area contributed by atoms with E-state index in [1.807, 2.05) is 7.05 Å². The molecule has 1 unspecified atom stereocenters. The fourth-order valence-corrected chi connectivity index (χ4v) is 1.28. The second-order valence-electron chi connectivity index (χ2n) is 3.45. The molecule has 1 heteroatoms. The Morgan fingerprint density at radius 1 is 1.56 bits per heavy atom. The molecule has 0 saturated carbocycles. The quantitative estimate of drug-likeness (QED) is 0.524. The van der Waals surface area contributed by atoms with Gasteiger partial charge in [0.25, 0.3) is 0 Å². The molecular formula is C8H15N. The molecule has 1 aliphatic carbocycles. The Kier molecular flexibility index (Phi) is 1.62. The molecule has 0 aromatic heterocycles. The third-order valence-electron chi connectivity index (χ3n) is 1.90. The van der Waals surface area contributed by atoms with Crippen LogP contribution in [0.3, 0.4) is 0 Å². The van der Waals surface area contributed by atoms with Crippen LogP contribution >= 0.6 is 0 Å². The average Bonchev–Trinajstić information content (AvgIpc) is 2.10. The highest BCUT2D eigenvalue weighted by atomic mass is 14.9. The van der Waals surface area contributed by atoms with Crippen molar-refractivity contribution in [2.75, 3.05) is 7.05 Å². The van der Waals surface area contributed by atoms with Crippen LogP contribution < -0.4 is 5.32 Å². The molecule has 52 valence electrons. The Bertz CT molecular complexity index is 125. The molecular weight excluding hydrogens is 110 g/mol. The zero-order chi connectivity index (χ0) is 6.91. The summed E-state index contributed by atoms with van der Waals surface area (Å²) in [5.74, 6) is 0. The van der Waals surface area contributed by atoms with Gasteiger partial charge >= 0.3 is 0 Å². The van der Waals surface area contributed by atoms with E-state index in [0.717, 1.165) is 0 Å². The van der Waals surface area contributed by atoms with E-state index in [9.17, 15) is 0 Å². The molecule has 1 rings (SSSR count). The first kappa shape index (κ1) is 6.81. The van der Waals surface area contributed by atoms with Crippen molar-refractivity contribution in [3.63, 3.8) is 0 Å². The van der Waals surface area contributed by atoms with Gasteiger partial charge in [-0.3, -0.25) is 0 Å². The minimum absolute atomic E-state index is 0.424. The molecule has 1 atom stereocenters. The predicted molar refractivity (Wildman–Crippen MR) is 40.4 cm³/mol. The SMILES string of the molecule is CNC1C=CC(C)(C)C1. The maximum atomic E-state index is 3.23. The summed E-state index contributed by atoms with van der Waals surface area (Å²) in [6.45, 7) is 4.53. The number of likely N-dealkylation sites (N-methyl/N-ethyl adjacent to an activating group) is 1. The first-order valence-electron chi connectivity index (χ1n) is 3.51. The van der Waals surface area contributed by atoms with E-state index in [4.69, 9.17) is 0 Å². The molecule has 1 aliphatic rings. The molecule has 1 nitrogen and oxygen atoms in total. The highest BCUT2D eigenvalue weighted by Crippen LogP contribution is 2.29. The Hall–Kier alpha value is -0.300. The molecule has 0 aromatic rings. The van der Waals surface area contributed by atoms with Gasteiger partial charge in [-0.2, -0.15) is 0 Å². The van der Waals surface area contributed by atoms with Crippen molar-refractivity contribution in [3.8, 4) is 0 Å². The number of hydrogen-bond acceptors (Lipinski definition) is 1. The van der Waals surface area contributed by atoms with Gasteiger partial charge in [-0.1, -0.05) is 26.0 Å². The summed E-state index contributed by atoms with van der Waals surface area (Å²) in [6.07, 6.45) is 5.78. The maximum absolute atomic E-state index is 3.23. The lowest BCUT2D eigenvalue weighted by Gasteiger charge is -2.16. The van der Waals surface area contributed by atoms with Crippen molar-refractivity contribution in [1.29, 1.82) is 0 Å². The number of allylic oxidation sites excluding steroid dienone is 1. The van der Waals surface area contributed by atoms with Crippen LogP contribution in [0.5, 0.6) is 0 Å². The zero-order valence-corrected chi connectivity index (χ0v) is 6.44. The second kappa shape index (κ2) is 2.14. The molecule has 0 radical (unpaired) electrons. The van der Waals surface area contributed by atoms with Crippen LogP contribution in [0.4, 0.5) is 0 Å². The molecule has 9 heavy (non-hydrogen) atoms. The third kappa shape index (κ3) is 1.55. The van der Waals surface area contributed by atoms with Gasteiger partial charge in [-0.25, -0.2) is 0 Å². The largest absolute Gasteiger partial charge is 0.314 e. The molecule has 0 aromatic carbocycles. The van der Waals surface area contributed by atoms with E-state index in [2.05, 4.69) is 31.3 Å². The zero-order valence-electron chi connectivity index (χ0n) is 6.44. The summed E-state index contributed by atoms with van der Waals surface area (Å²) in [6, 6.07) is 0.611. The van der Waals surface area contributed by atoms with Crippen molar-refractivity contribution >= 4 is 0 Å². The second-order valence-corrected chi connectivity index (χ2v) is 3.45. The van der Waals surface area contributed by atoms with E-state index in [0.29, 0.717) is 11.5 Å². The molecule has 0 amide bonds. The molecule has 0 spiro atoms. The van der Waals surface area contributed by atoms with Gasteiger partial charge in [0.2, 0.25) is 0 Å². The average molecular weight is 125 g/mol. The molecule has 1 N–H and O–H groups in total. The molecule has 0 fully saturated rings. The van der Waals surface area contributed by atoms with Gasteiger partial charge in [-0.15, -0.1) is 0 Å². The summed E-state index contributed by atoms with van der Waals surface area (Å²) < 4.78 is 0. The lowest BCUT2D eigenvalue weighted by molar-refractivity contribution is 0.426. The van der Waals surface area contributed by atoms with Gasteiger partial charge in [-0.05, 0) is 18.9 Å². The summed E-state index contributed by atoms with van der Waals surface area (Å²) >= 11 is 0. The van der Waals surface area contributed by atoms with Gasteiger partial charge in [0.05, 0.1) is 0 Å². The smallest absolute Gasteiger partial charge is 0.0255 e. The van der Waals surface area contributed by atoms with Gasteiger partial charge in [0.1, 0.15) is 0 Å². The van der Waals surface area contributed by atoms with Crippen molar-refractivity contribution in [2.24, 2.45) is 5.41 Å². The fraction of sp³-hybridized carbons (Fsp3) is 0.750. The Morgan fingerprint density at radius 3 is 2.44 bits per heavy atom. The van der Waals surface area contributed by atoms with Crippen molar-refractivity contribution in [3.05, 3.63) is 12.2 Å². The molecule has 0 saturated heterocycles. The molecule has 0 aliphatic heterocycles. The van der Waals surface area contributed by atoms with Gasteiger partial charge in [0.15, 0.2) is 0 Å². The topological polar surface area (TPSA) is 12.0 Å². The summed E-state index contributed by atoms with van der Waals surface area (Å²) in [5.41, 5.74) is 0.424. The summed E-state index contributed by atoms with van der Waals surface area (Å²) in [5, 5.41) is 3.23. The van der Waals surface area contributed by atoms with E-state index in [1.165, 1.54) is 6.42 Å². The summed E-state index contributed by atoms with van der Waals surface area (Å²) in [4.78, 5) is 0. The van der Waals surface area contributed by atoms with Crippen molar-refractivity contribution in [2.45, 2.75) is 26.3 Å². The number of nitrogens with one attached hydrogen (secondary N) is 1. The van der Waals surface area contributed by atoms with E-state index in [-0.39, 0.29) is 0 Å². The maximum Gasteiger partial charge on any atom is 0.0255 e. The van der Waals surface area contributed by atoms with Crippen molar-refractivity contribution in [1.82, 2.24) is 5.32 Å². The van der Waals surface area contributed by atoms with Crippen LogP contribution in [0.25, 0.3) is 0 Å². The Labute approximate surface area is 57.1 Å². The highest BCUT2D eigenvalue weighted by molar-refractivity contribution is 5.10. The van der Waals surface area contributed by atoms with Crippen molar-refractivity contribution < 1.29 is 0 Å². The molecule has 0 heterocycles. The van der Waals surface area contributed by atoms with E-state index in [1.54, 1.807) is 0 Å². The number of hydrogen-bond donors (Lipinski definition) is 1. The lowest BCUT2D eigenvalue weighted by atomic mass is 9.92. The van der Waals surface area contributed by atoms with Gasteiger partial charge in [0, 0.05) is 6.04 Å².